The summed E-state index contributed by atoms with van der Waals surface area (Å²) in [6, 6.07) is 12.9. The number of halogens is 1. The summed E-state index contributed by atoms with van der Waals surface area (Å²) in [5.41, 5.74) is 1.79. The second kappa shape index (κ2) is 7.58. The fourth-order valence-corrected chi connectivity index (χ4v) is 4.86. The van der Waals surface area contributed by atoms with E-state index < -0.39 is 10.0 Å². The number of hydrogen-bond donors (Lipinski definition) is 2. The van der Waals surface area contributed by atoms with Crippen molar-refractivity contribution in [3.63, 3.8) is 0 Å². The van der Waals surface area contributed by atoms with Gasteiger partial charge < -0.3 is 5.32 Å². The topological polar surface area (TPSA) is 110 Å². The molecule has 2 heterocycles. The molecule has 10 heteroatoms. The zero-order chi connectivity index (χ0) is 21.5. The van der Waals surface area contributed by atoms with Crippen LogP contribution in [0.4, 0.5) is 11.5 Å². The summed E-state index contributed by atoms with van der Waals surface area (Å²) in [6.07, 6.45) is 0.0998. The van der Waals surface area contributed by atoms with Gasteiger partial charge in [0, 0.05) is 24.1 Å². The van der Waals surface area contributed by atoms with E-state index >= 15 is 0 Å². The summed E-state index contributed by atoms with van der Waals surface area (Å²) < 4.78 is 29.5. The highest BCUT2D eigenvalue weighted by molar-refractivity contribution is 7.92. The molecule has 154 valence electrons. The van der Waals surface area contributed by atoms with E-state index in [1.165, 1.54) is 12.1 Å². The summed E-state index contributed by atoms with van der Waals surface area (Å²) in [5.74, 6) is -0.400. The number of nitrogens with one attached hydrogen (secondary N) is 2. The number of rotatable bonds is 4. The van der Waals surface area contributed by atoms with Crippen LogP contribution in [0.2, 0.25) is 5.02 Å². The number of aryl methyl sites for hydroxylation is 1. The number of nitrogens with zero attached hydrogens (tertiary/aromatic N) is 2. The lowest BCUT2D eigenvalue weighted by Gasteiger charge is -2.12. The molecule has 2 aromatic carbocycles. The number of fused-ring (bicyclic) bond motifs is 1. The van der Waals surface area contributed by atoms with Crippen LogP contribution in [0.1, 0.15) is 23.3 Å². The number of benzene rings is 2. The molecule has 30 heavy (non-hydrogen) atoms. The molecule has 1 aromatic heterocycles. The van der Waals surface area contributed by atoms with Crippen molar-refractivity contribution in [2.24, 2.45) is 0 Å². The van der Waals surface area contributed by atoms with E-state index in [-0.39, 0.29) is 40.4 Å². The van der Waals surface area contributed by atoms with Gasteiger partial charge in [0.05, 0.1) is 10.7 Å². The standard InChI is InChI=1S/C20H17ClN4O4S/c1-12-19(20-22-17(26)9-10-18(27)25(20)23-12)13-7-8-15(21)16(11-13)30(28,29)24-14-5-3-2-4-6-14/h2-8,11,24H,9-10H2,1H3,(H,22,26). The van der Waals surface area contributed by atoms with Crippen molar-refractivity contribution in [3.05, 3.63) is 59.2 Å². The van der Waals surface area contributed by atoms with Crippen molar-refractivity contribution in [1.29, 1.82) is 0 Å². The smallest absolute Gasteiger partial charge is 0.263 e. The molecule has 0 saturated heterocycles. The lowest BCUT2D eigenvalue weighted by Crippen LogP contribution is -2.14. The van der Waals surface area contributed by atoms with E-state index in [4.69, 9.17) is 11.6 Å². The number of carbonyl (C=O) groups excluding carboxylic acids is 2. The molecule has 0 fully saturated rings. The molecular formula is C20H17ClN4O4S. The number of sulfonamides is 1. The molecular weight excluding hydrogens is 428 g/mol. The Morgan fingerprint density at radius 1 is 1.10 bits per heavy atom. The van der Waals surface area contributed by atoms with Gasteiger partial charge in [-0.3, -0.25) is 14.3 Å². The van der Waals surface area contributed by atoms with Crippen LogP contribution >= 0.6 is 11.6 Å². The molecule has 3 aromatic rings. The first-order valence-corrected chi connectivity index (χ1v) is 10.9. The lowest BCUT2D eigenvalue weighted by atomic mass is 10.1. The number of carbonyl (C=O) groups is 2. The van der Waals surface area contributed by atoms with Crippen molar-refractivity contribution in [1.82, 2.24) is 9.78 Å². The molecule has 0 spiro atoms. The minimum absolute atomic E-state index is 0.0400. The Labute approximate surface area is 177 Å². The molecule has 4 rings (SSSR count). The number of hydrogen-bond acceptors (Lipinski definition) is 5. The SMILES string of the molecule is Cc1nn2c(c1-c1ccc(Cl)c(S(=O)(=O)Nc3ccccc3)c1)NC(=O)CCC2=O. The van der Waals surface area contributed by atoms with E-state index in [0.717, 1.165) is 4.68 Å². The third kappa shape index (κ3) is 3.69. The number of anilines is 2. The molecule has 0 radical (unpaired) electrons. The number of amides is 1. The van der Waals surface area contributed by atoms with E-state index in [2.05, 4.69) is 15.1 Å². The Morgan fingerprint density at radius 3 is 2.57 bits per heavy atom. The quantitative estimate of drug-likeness (QED) is 0.637. The van der Waals surface area contributed by atoms with E-state index in [0.29, 0.717) is 22.5 Å². The highest BCUT2D eigenvalue weighted by atomic mass is 35.5. The highest BCUT2D eigenvalue weighted by Crippen LogP contribution is 2.36. The third-order valence-corrected chi connectivity index (χ3v) is 6.52. The van der Waals surface area contributed by atoms with E-state index in [1.54, 1.807) is 43.3 Å². The van der Waals surface area contributed by atoms with Crippen LogP contribution in [-0.2, 0) is 14.8 Å². The summed E-state index contributed by atoms with van der Waals surface area (Å²) in [6.45, 7) is 1.68. The lowest BCUT2D eigenvalue weighted by molar-refractivity contribution is -0.116. The van der Waals surface area contributed by atoms with Gasteiger partial charge in [-0.2, -0.15) is 9.78 Å². The predicted octanol–water partition coefficient (Wildman–Crippen LogP) is 3.69. The first-order chi connectivity index (χ1) is 14.3. The van der Waals surface area contributed by atoms with Gasteiger partial charge in [0.15, 0.2) is 0 Å². The molecule has 1 amide bonds. The van der Waals surface area contributed by atoms with Gasteiger partial charge in [-0.1, -0.05) is 35.9 Å². The fraction of sp³-hybridized carbons (Fsp3) is 0.150. The first kappa shape index (κ1) is 20.1. The zero-order valence-electron chi connectivity index (χ0n) is 15.8. The summed E-state index contributed by atoms with van der Waals surface area (Å²) in [4.78, 5) is 24.2. The second-order valence-electron chi connectivity index (χ2n) is 6.78. The fourth-order valence-electron chi connectivity index (χ4n) is 3.27. The highest BCUT2D eigenvalue weighted by Gasteiger charge is 2.27. The van der Waals surface area contributed by atoms with Crippen molar-refractivity contribution < 1.29 is 18.0 Å². The Bertz CT molecular complexity index is 1270. The first-order valence-electron chi connectivity index (χ1n) is 9.07. The van der Waals surface area contributed by atoms with Gasteiger partial charge >= 0.3 is 0 Å². The molecule has 2 N–H and O–H groups in total. The van der Waals surface area contributed by atoms with Crippen LogP contribution in [-0.4, -0.2) is 30.0 Å². The van der Waals surface area contributed by atoms with Gasteiger partial charge in [-0.25, -0.2) is 8.42 Å². The van der Waals surface area contributed by atoms with Gasteiger partial charge in [0.25, 0.3) is 10.0 Å². The molecule has 8 nitrogen and oxygen atoms in total. The largest absolute Gasteiger partial charge is 0.310 e. The van der Waals surface area contributed by atoms with Crippen molar-refractivity contribution in [2.75, 3.05) is 10.0 Å². The normalized spacial score (nSPS) is 14.1. The van der Waals surface area contributed by atoms with Gasteiger partial charge in [0.1, 0.15) is 10.7 Å². The maximum atomic E-state index is 12.9. The van der Waals surface area contributed by atoms with Crippen molar-refractivity contribution in [2.45, 2.75) is 24.7 Å². The van der Waals surface area contributed by atoms with Crippen LogP contribution in [0.3, 0.4) is 0 Å². The molecule has 0 atom stereocenters. The average Bonchev–Trinajstić information content (AvgIpc) is 2.95. The minimum Gasteiger partial charge on any atom is -0.310 e. The van der Waals surface area contributed by atoms with Crippen molar-refractivity contribution >= 4 is 44.9 Å². The molecule has 0 bridgehead atoms. The van der Waals surface area contributed by atoms with Crippen LogP contribution in [0.25, 0.3) is 11.1 Å². The van der Waals surface area contributed by atoms with Gasteiger partial charge in [-0.05, 0) is 36.8 Å². The minimum atomic E-state index is -3.98. The molecule has 0 unspecified atom stereocenters. The monoisotopic (exact) mass is 444 g/mol. The Kier molecular flexibility index (Phi) is 5.08. The number of para-hydroxylation sites is 1. The molecule has 0 aliphatic carbocycles. The van der Waals surface area contributed by atoms with Crippen LogP contribution < -0.4 is 10.0 Å². The average molecular weight is 445 g/mol. The molecule has 0 saturated carbocycles. The summed E-state index contributed by atoms with van der Waals surface area (Å²) in [5, 5.41) is 6.98. The predicted molar refractivity (Wildman–Crippen MR) is 113 cm³/mol. The van der Waals surface area contributed by atoms with Crippen LogP contribution in [0.5, 0.6) is 0 Å². The zero-order valence-corrected chi connectivity index (χ0v) is 17.4. The maximum absolute atomic E-state index is 12.9. The maximum Gasteiger partial charge on any atom is 0.263 e. The van der Waals surface area contributed by atoms with E-state index in [1.807, 2.05) is 0 Å². The van der Waals surface area contributed by atoms with Gasteiger partial charge in [-0.15, -0.1) is 0 Å². The van der Waals surface area contributed by atoms with Crippen molar-refractivity contribution in [3.8, 4) is 11.1 Å². The van der Waals surface area contributed by atoms with Gasteiger partial charge in [0.2, 0.25) is 11.8 Å². The van der Waals surface area contributed by atoms with Crippen LogP contribution in [0, 0.1) is 6.92 Å². The Hall–Kier alpha value is -3.17. The molecule has 1 aliphatic rings. The van der Waals surface area contributed by atoms with E-state index in [9.17, 15) is 18.0 Å². The molecule has 1 aliphatic heterocycles. The Balaban J connectivity index is 1.82. The number of aromatic nitrogens is 2. The Morgan fingerprint density at radius 2 is 1.83 bits per heavy atom. The van der Waals surface area contributed by atoms with Crippen LogP contribution in [0.15, 0.2) is 53.4 Å². The third-order valence-electron chi connectivity index (χ3n) is 4.66. The summed E-state index contributed by atoms with van der Waals surface area (Å²) >= 11 is 6.20. The second-order valence-corrected chi connectivity index (χ2v) is 8.84. The summed E-state index contributed by atoms with van der Waals surface area (Å²) in [7, 11) is -3.98.